The molecule has 6 nitrogen and oxygen atoms in total. The number of ether oxygens (including phenoxy) is 3. The molecule has 3 atom stereocenters. The van der Waals surface area contributed by atoms with Crippen molar-refractivity contribution in [1.29, 1.82) is 0 Å². The van der Waals surface area contributed by atoms with Crippen LogP contribution in [0.15, 0.2) is 0 Å². The quantitative estimate of drug-likeness (QED) is 0.760. The lowest BCUT2D eigenvalue weighted by molar-refractivity contribution is -0.336. The molecule has 0 radical (unpaired) electrons. The number of carbonyl (C=O) groups excluding carboxylic acids is 1. The fourth-order valence-corrected chi connectivity index (χ4v) is 2.25. The molecule has 2 aliphatic rings. The maximum absolute atomic E-state index is 12.4. The second-order valence-corrected chi connectivity index (χ2v) is 5.05. The zero-order chi connectivity index (χ0) is 13.1. The van der Waals surface area contributed by atoms with E-state index in [4.69, 9.17) is 14.2 Å². The second kappa shape index (κ2) is 5.97. The van der Waals surface area contributed by atoms with E-state index >= 15 is 0 Å². The second-order valence-electron chi connectivity index (χ2n) is 5.05. The predicted octanol–water partition coefficient (Wildman–Crippen LogP) is 0.136. The molecule has 1 amide bonds. The molecule has 2 heterocycles. The van der Waals surface area contributed by atoms with Crippen molar-refractivity contribution in [3.63, 3.8) is 0 Å². The molecule has 0 bridgehead atoms. The van der Waals surface area contributed by atoms with Crippen molar-refractivity contribution in [1.82, 2.24) is 10.2 Å². The zero-order valence-electron chi connectivity index (χ0n) is 11.2. The third kappa shape index (κ3) is 3.00. The van der Waals surface area contributed by atoms with Crippen LogP contribution in [0, 0.1) is 5.92 Å². The highest BCUT2D eigenvalue weighted by atomic mass is 16.9. The van der Waals surface area contributed by atoms with Crippen LogP contribution >= 0.6 is 0 Å². The van der Waals surface area contributed by atoms with Gasteiger partial charge in [0.25, 0.3) is 0 Å². The van der Waals surface area contributed by atoms with E-state index in [-0.39, 0.29) is 18.8 Å². The average Bonchev–Trinajstić information content (AvgIpc) is 2.73. The van der Waals surface area contributed by atoms with Gasteiger partial charge in [-0.1, -0.05) is 6.92 Å². The molecule has 2 rings (SSSR count). The summed E-state index contributed by atoms with van der Waals surface area (Å²) in [4.78, 5) is 14.3. The lowest BCUT2D eigenvalue weighted by atomic mass is 10.1. The van der Waals surface area contributed by atoms with Crippen molar-refractivity contribution in [2.45, 2.75) is 38.8 Å². The lowest BCUT2D eigenvalue weighted by Gasteiger charge is -2.34. The number of likely N-dealkylation sites (tertiary alicyclic amines) is 1. The fourth-order valence-electron chi connectivity index (χ4n) is 2.25. The van der Waals surface area contributed by atoms with E-state index in [1.54, 1.807) is 7.11 Å². The van der Waals surface area contributed by atoms with Gasteiger partial charge in [0.2, 0.25) is 12.3 Å². The first-order valence-electron chi connectivity index (χ1n) is 6.42. The monoisotopic (exact) mass is 258 g/mol. The van der Waals surface area contributed by atoms with Crippen LogP contribution in [0.25, 0.3) is 0 Å². The number of hydrogen-bond donors (Lipinski definition) is 1. The minimum atomic E-state index is -0.489. The molecule has 0 aromatic heterocycles. The van der Waals surface area contributed by atoms with Gasteiger partial charge in [-0.15, -0.1) is 0 Å². The molecule has 0 aromatic rings. The summed E-state index contributed by atoms with van der Waals surface area (Å²) in [6.45, 7) is 5.95. The maximum atomic E-state index is 12.4. The Bertz CT molecular complexity index is 296. The van der Waals surface area contributed by atoms with Crippen molar-refractivity contribution >= 4 is 5.91 Å². The van der Waals surface area contributed by atoms with E-state index in [0.29, 0.717) is 5.92 Å². The largest absolute Gasteiger partial charge is 0.380 e. The van der Waals surface area contributed by atoms with Gasteiger partial charge in [-0.2, -0.15) is 0 Å². The van der Waals surface area contributed by atoms with Gasteiger partial charge in [0.1, 0.15) is 6.04 Å². The summed E-state index contributed by atoms with van der Waals surface area (Å²) in [6, 6.07) is -0.425. The van der Waals surface area contributed by atoms with Gasteiger partial charge >= 0.3 is 0 Å². The summed E-state index contributed by atoms with van der Waals surface area (Å²) in [5.74, 6) is 0.636. The van der Waals surface area contributed by atoms with Gasteiger partial charge in [-0.3, -0.25) is 10.1 Å². The molecule has 104 valence electrons. The van der Waals surface area contributed by atoms with E-state index in [2.05, 4.69) is 12.2 Å². The number of carbonyl (C=O) groups is 1. The van der Waals surface area contributed by atoms with Crippen molar-refractivity contribution in [3.8, 4) is 0 Å². The molecule has 1 N–H and O–H groups in total. The fraction of sp³-hybridized carbons (Fsp3) is 0.917. The first kappa shape index (κ1) is 13.7. The summed E-state index contributed by atoms with van der Waals surface area (Å²) in [6.07, 6.45) is 0.355. The minimum Gasteiger partial charge on any atom is -0.380 e. The van der Waals surface area contributed by atoms with Crippen molar-refractivity contribution < 1.29 is 19.0 Å². The molecule has 2 saturated heterocycles. The Balaban J connectivity index is 1.95. The molecule has 2 fully saturated rings. The highest BCUT2D eigenvalue weighted by Gasteiger charge is 2.35. The summed E-state index contributed by atoms with van der Waals surface area (Å²) in [7, 11) is 1.60. The van der Waals surface area contributed by atoms with Crippen LogP contribution in [0.5, 0.6) is 0 Å². The topological polar surface area (TPSA) is 60.0 Å². The van der Waals surface area contributed by atoms with Gasteiger partial charge in [0.05, 0.1) is 6.10 Å². The van der Waals surface area contributed by atoms with Gasteiger partial charge in [-0.25, -0.2) is 0 Å². The summed E-state index contributed by atoms with van der Waals surface area (Å²) >= 11 is 0. The van der Waals surface area contributed by atoms with Gasteiger partial charge < -0.3 is 19.1 Å². The van der Waals surface area contributed by atoms with Gasteiger partial charge in [-0.05, 0) is 19.3 Å². The smallest absolute Gasteiger partial charge is 0.242 e. The highest BCUT2D eigenvalue weighted by Crippen LogP contribution is 2.18. The third-order valence-corrected chi connectivity index (χ3v) is 3.60. The number of nitrogens with zero attached hydrogens (tertiary/aromatic N) is 1. The molecule has 0 spiro atoms. The number of hydrogen-bond acceptors (Lipinski definition) is 5. The SMILES string of the molecule is CO[C@H](C)[C@H](NC1OCO1)C(=O)N1CC[C@H](C)C1. The first-order valence-corrected chi connectivity index (χ1v) is 6.42. The molecule has 2 aliphatic heterocycles. The van der Waals surface area contributed by atoms with Gasteiger partial charge in [0.15, 0.2) is 6.79 Å². The summed E-state index contributed by atoms with van der Waals surface area (Å²) in [5, 5.41) is 3.03. The summed E-state index contributed by atoms with van der Waals surface area (Å²) in [5.41, 5.74) is 0. The van der Waals surface area contributed by atoms with E-state index in [1.165, 1.54) is 0 Å². The van der Waals surface area contributed by atoms with E-state index in [9.17, 15) is 4.79 Å². The first-order chi connectivity index (χ1) is 8.61. The number of nitrogens with one attached hydrogen (secondary N) is 1. The Hall–Kier alpha value is -0.690. The molecule has 0 saturated carbocycles. The normalized spacial score (nSPS) is 27.9. The molecule has 6 heteroatoms. The van der Waals surface area contributed by atoms with Crippen molar-refractivity contribution in [2.24, 2.45) is 5.92 Å². The van der Waals surface area contributed by atoms with E-state index in [0.717, 1.165) is 19.5 Å². The van der Waals surface area contributed by atoms with Crippen LogP contribution in [-0.2, 0) is 19.0 Å². The molecular formula is C12H22N2O4. The van der Waals surface area contributed by atoms with E-state index in [1.807, 2.05) is 11.8 Å². The van der Waals surface area contributed by atoms with Crippen LogP contribution in [0.4, 0.5) is 0 Å². The van der Waals surface area contributed by atoms with Crippen LogP contribution in [0.2, 0.25) is 0 Å². The van der Waals surface area contributed by atoms with Crippen LogP contribution in [-0.4, -0.2) is 56.4 Å². The molecular weight excluding hydrogens is 236 g/mol. The Kier molecular flexibility index (Phi) is 4.55. The predicted molar refractivity (Wildman–Crippen MR) is 64.6 cm³/mol. The number of rotatable bonds is 5. The Labute approximate surface area is 108 Å². The Morgan fingerprint density at radius 2 is 2.22 bits per heavy atom. The molecule has 18 heavy (non-hydrogen) atoms. The number of methoxy groups -OCH3 is 1. The van der Waals surface area contributed by atoms with Crippen LogP contribution in [0.1, 0.15) is 20.3 Å². The molecule has 0 aromatic carbocycles. The Morgan fingerprint density at radius 1 is 1.50 bits per heavy atom. The maximum Gasteiger partial charge on any atom is 0.242 e. The summed E-state index contributed by atoms with van der Waals surface area (Å²) < 4.78 is 15.5. The molecule has 0 unspecified atom stereocenters. The zero-order valence-corrected chi connectivity index (χ0v) is 11.2. The molecule has 0 aliphatic carbocycles. The Morgan fingerprint density at radius 3 is 2.67 bits per heavy atom. The highest BCUT2D eigenvalue weighted by molar-refractivity contribution is 5.82. The van der Waals surface area contributed by atoms with Crippen LogP contribution < -0.4 is 5.32 Å². The average molecular weight is 258 g/mol. The lowest BCUT2D eigenvalue weighted by Crippen LogP contribution is -2.58. The van der Waals surface area contributed by atoms with Crippen LogP contribution in [0.3, 0.4) is 0 Å². The van der Waals surface area contributed by atoms with Gasteiger partial charge in [0, 0.05) is 20.2 Å². The van der Waals surface area contributed by atoms with Crippen molar-refractivity contribution in [3.05, 3.63) is 0 Å². The van der Waals surface area contributed by atoms with E-state index < -0.39 is 12.5 Å². The minimum absolute atomic E-state index is 0.0628. The van der Waals surface area contributed by atoms with Crippen molar-refractivity contribution in [2.75, 3.05) is 27.0 Å². The number of amides is 1. The standard InChI is InChI=1S/C12H22N2O4/c1-8-4-5-14(6-8)11(15)10(9(2)16-3)13-12-17-7-18-12/h8-10,12-13H,4-7H2,1-3H3/t8-,9+,10-/m0/s1. The third-order valence-electron chi connectivity index (χ3n) is 3.60.